The molecule has 1 saturated heterocycles. The molecule has 2 atom stereocenters. The molecule has 2 aliphatic rings. The zero-order valence-corrected chi connectivity index (χ0v) is 16.8. The second-order valence-electron chi connectivity index (χ2n) is 8.14. The summed E-state index contributed by atoms with van der Waals surface area (Å²) in [6.45, 7) is 8.38. The van der Waals surface area contributed by atoms with Crippen LogP contribution in [0.25, 0.3) is 0 Å². The zero-order valence-electron chi connectivity index (χ0n) is 16.8. The Morgan fingerprint density at radius 3 is 2.61 bits per heavy atom. The second kappa shape index (κ2) is 7.12. The van der Waals surface area contributed by atoms with Crippen molar-refractivity contribution in [2.24, 2.45) is 0 Å². The highest BCUT2D eigenvalue weighted by Gasteiger charge is 2.41. The number of hydrogen-bond donors (Lipinski definition) is 0. The first-order valence-corrected chi connectivity index (χ1v) is 9.85. The Labute approximate surface area is 165 Å². The van der Waals surface area contributed by atoms with Crippen molar-refractivity contribution in [2.45, 2.75) is 52.2 Å². The van der Waals surface area contributed by atoms with Crippen molar-refractivity contribution >= 4 is 5.91 Å². The molecule has 0 saturated carbocycles. The molecule has 0 spiro atoms. The molecule has 28 heavy (non-hydrogen) atoms. The molecule has 2 aromatic carbocycles. The van der Waals surface area contributed by atoms with Gasteiger partial charge in [-0.25, -0.2) is 4.39 Å². The summed E-state index contributed by atoms with van der Waals surface area (Å²) in [5, 5.41) is 0. The van der Waals surface area contributed by atoms with Gasteiger partial charge in [0.05, 0.1) is 12.1 Å². The quantitative estimate of drug-likeness (QED) is 0.776. The number of benzene rings is 2. The lowest BCUT2D eigenvalue weighted by molar-refractivity contribution is 0.0720. The minimum Gasteiger partial charge on any atom is -0.490 e. The van der Waals surface area contributed by atoms with E-state index in [-0.39, 0.29) is 35.3 Å². The van der Waals surface area contributed by atoms with E-state index in [0.29, 0.717) is 24.5 Å². The van der Waals surface area contributed by atoms with Crippen LogP contribution in [0.3, 0.4) is 0 Å². The summed E-state index contributed by atoms with van der Waals surface area (Å²) in [6.07, 6.45) is 0.594. The zero-order chi connectivity index (χ0) is 20.0. The van der Waals surface area contributed by atoms with Crippen molar-refractivity contribution in [1.82, 2.24) is 4.90 Å². The van der Waals surface area contributed by atoms with Gasteiger partial charge in [0.25, 0.3) is 5.91 Å². The molecule has 0 N–H and O–H groups in total. The van der Waals surface area contributed by atoms with Gasteiger partial charge in [-0.2, -0.15) is 0 Å². The predicted octanol–water partition coefficient (Wildman–Crippen LogP) is 4.62. The maximum Gasteiger partial charge on any atom is 0.261 e. The molecule has 4 rings (SSSR count). The van der Waals surface area contributed by atoms with E-state index >= 15 is 0 Å². The minimum atomic E-state index is -0.489. The fourth-order valence-electron chi connectivity index (χ4n) is 4.13. The third-order valence-corrected chi connectivity index (χ3v) is 5.59. The molecule has 0 unspecified atom stereocenters. The fraction of sp³-hybridized carbons (Fsp3) is 0.435. The molecule has 0 aromatic heterocycles. The number of ether oxygens (including phenoxy) is 2. The molecule has 2 aliphatic heterocycles. The largest absolute Gasteiger partial charge is 0.490 e. The molecular weight excluding hydrogens is 357 g/mol. The predicted molar refractivity (Wildman–Crippen MR) is 106 cm³/mol. The Bertz CT molecular complexity index is 907. The van der Waals surface area contributed by atoms with Crippen LogP contribution in [0.5, 0.6) is 11.5 Å². The lowest BCUT2D eigenvalue weighted by Crippen LogP contribution is -2.37. The van der Waals surface area contributed by atoms with E-state index in [1.54, 1.807) is 13.0 Å². The maximum absolute atomic E-state index is 14.8. The molecule has 0 radical (unpaired) electrons. The minimum absolute atomic E-state index is 0.00874. The highest BCUT2D eigenvalue weighted by atomic mass is 19.1. The Hall–Kier alpha value is -2.56. The summed E-state index contributed by atoms with van der Waals surface area (Å²) in [5.41, 5.74) is 3.07. The lowest BCUT2D eigenvalue weighted by atomic mass is 9.96. The van der Waals surface area contributed by atoms with Crippen molar-refractivity contribution in [3.63, 3.8) is 0 Å². The Morgan fingerprint density at radius 1 is 1.21 bits per heavy atom. The first-order chi connectivity index (χ1) is 13.3. The second-order valence-corrected chi connectivity index (χ2v) is 8.14. The average molecular weight is 383 g/mol. The number of rotatable bonds is 3. The van der Waals surface area contributed by atoms with Crippen LogP contribution in [-0.4, -0.2) is 36.1 Å². The van der Waals surface area contributed by atoms with Gasteiger partial charge in [0.1, 0.15) is 17.9 Å². The molecule has 5 heteroatoms. The highest BCUT2D eigenvalue weighted by Crippen LogP contribution is 2.41. The SMILES string of the molecule is Cc1ccc([C@H]2C[C@@H]3COc4cc(C)c(F)c(OC(C)C)c4C(=O)N3C2)cc1. The molecular formula is C23H26FNO3. The van der Waals surface area contributed by atoms with Crippen LogP contribution in [0, 0.1) is 19.7 Å². The molecule has 2 heterocycles. The van der Waals surface area contributed by atoms with Gasteiger partial charge in [-0.15, -0.1) is 0 Å². The van der Waals surface area contributed by atoms with Gasteiger partial charge >= 0.3 is 0 Å². The van der Waals surface area contributed by atoms with E-state index in [0.717, 1.165) is 6.42 Å². The third-order valence-electron chi connectivity index (χ3n) is 5.59. The van der Waals surface area contributed by atoms with E-state index < -0.39 is 5.82 Å². The number of nitrogens with zero attached hydrogens (tertiary/aromatic N) is 1. The molecule has 2 aromatic rings. The van der Waals surface area contributed by atoms with Crippen molar-refractivity contribution in [1.29, 1.82) is 0 Å². The number of fused-ring (bicyclic) bond motifs is 2. The van der Waals surface area contributed by atoms with Crippen LogP contribution < -0.4 is 9.47 Å². The highest BCUT2D eigenvalue weighted by molar-refractivity contribution is 6.00. The Morgan fingerprint density at radius 2 is 1.93 bits per heavy atom. The van der Waals surface area contributed by atoms with Gasteiger partial charge in [0.15, 0.2) is 11.6 Å². The Kier molecular flexibility index (Phi) is 4.77. The van der Waals surface area contributed by atoms with Crippen LogP contribution in [0.15, 0.2) is 30.3 Å². The summed E-state index contributed by atoms with van der Waals surface area (Å²) in [6, 6.07) is 10.0. The van der Waals surface area contributed by atoms with E-state index in [1.807, 2.05) is 18.7 Å². The fourth-order valence-corrected chi connectivity index (χ4v) is 4.13. The van der Waals surface area contributed by atoms with Crippen LogP contribution in [0.2, 0.25) is 0 Å². The smallest absolute Gasteiger partial charge is 0.261 e. The number of carbonyl (C=O) groups excluding carboxylic acids is 1. The standard InChI is InChI=1S/C23H26FNO3/c1-13(2)28-22-20-19(9-15(4)21(22)24)27-12-18-10-17(11-25(18)23(20)26)16-7-5-14(3)6-8-16/h5-9,13,17-18H,10-12H2,1-4H3/t17-,18+/m0/s1. The lowest BCUT2D eigenvalue weighted by Gasteiger charge is -2.22. The van der Waals surface area contributed by atoms with Gasteiger partial charge in [-0.05, 0) is 51.3 Å². The van der Waals surface area contributed by atoms with Crippen molar-refractivity contribution in [3.8, 4) is 11.5 Å². The van der Waals surface area contributed by atoms with Gasteiger partial charge in [0.2, 0.25) is 0 Å². The van der Waals surface area contributed by atoms with Crippen molar-refractivity contribution in [2.75, 3.05) is 13.2 Å². The van der Waals surface area contributed by atoms with Gasteiger partial charge in [-0.1, -0.05) is 29.8 Å². The number of halogens is 1. The van der Waals surface area contributed by atoms with Crippen LogP contribution >= 0.6 is 0 Å². The van der Waals surface area contributed by atoms with Crippen molar-refractivity contribution < 1.29 is 18.7 Å². The molecule has 4 nitrogen and oxygen atoms in total. The summed E-state index contributed by atoms with van der Waals surface area (Å²) in [7, 11) is 0. The first kappa shape index (κ1) is 18.8. The summed E-state index contributed by atoms with van der Waals surface area (Å²) >= 11 is 0. The molecule has 1 fully saturated rings. The van der Waals surface area contributed by atoms with Crippen LogP contribution in [-0.2, 0) is 0 Å². The third kappa shape index (κ3) is 3.23. The number of carbonyl (C=O) groups is 1. The normalized spacial score (nSPS) is 21.2. The summed E-state index contributed by atoms with van der Waals surface area (Å²) in [4.78, 5) is 15.2. The molecule has 0 aliphatic carbocycles. The van der Waals surface area contributed by atoms with Gasteiger partial charge in [0, 0.05) is 12.5 Å². The molecule has 1 amide bonds. The molecule has 148 valence electrons. The van der Waals surface area contributed by atoms with Crippen LogP contribution in [0.4, 0.5) is 4.39 Å². The molecule has 0 bridgehead atoms. The van der Waals surface area contributed by atoms with Crippen molar-refractivity contribution in [3.05, 3.63) is 58.4 Å². The number of amides is 1. The van der Waals surface area contributed by atoms with E-state index in [2.05, 4.69) is 31.2 Å². The van der Waals surface area contributed by atoms with Gasteiger partial charge < -0.3 is 14.4 Å². The maximum atomic E-state index is 14.8. The monoisotopic (exact) mass is 383 g/mol. The van der Waals surface area contributed by atoms with E-state index in [9.17, 15) is 9.18 Å². The summed E-state index contributed by atoms with van der Waals surface area (Å²) < 4.78 is 26.5. The topological polar surface area (TPSA) is 38.8 Å². The Balaban J connectivity index is 1.70. The number of aryl methyl sites for hydroxylation is 2. The van der Waals surface area contributed by atoms with E-state index in [4.69, 9.17) is 9.47 Å². The first-order valence-electron chi connectivity index (χ1n) is 9.85. The van der Waals surface area contributed by atoms with Crippen LogP contribution in [0.1, 0.15) is 53.2 Å². The number of hydrogen-bond acceptors (Lipinski definition) is 3. The summed E-state index contributed by atoms with van der Waals surface area (Å²) in [5.74, 6) is -0.0153. The average Bonchev–Trinajstić information content (AvgIpc) is 3.03. The van der Waals surface area contributed by atoms with Gasteiger partial charge in [-0.3, -0.25) is 4.79 Å². The van der Waals surface area contributed by atoms with E-state index in [1.165, 1.54) is 11.1 Å².